The fraction of sp³-hybridized carbons (Fsp3) is 0.200. The van der Waals surface area contributed by atoms with Gasteiger partial charge >= 0.3 is 0 Å². The van der Waals surface area contributed by atoms with Crippen LogP contribution in [0.2, 0.25) is 0 Å². The van der Waals surface area contributed by atoms with Crippen molar-refractivity contribution < 1.29 is 19.5 Å². The van der Waals surface area contributed by atoms with Crippen LogP contribution in [0.25, 0.3) is 10.8 Å². The molecule has 0 radical (unpaired) electrons. The fourth-order valence-corrected chi connectivity index (χ4v) is 2.76. The van der Waals surface area contributed by atoms with Crippen LogP contribution in [0.15, 0.2) is 59.5 Å². The number of carbonyl (C=O) groups is 1. The Morgan fingerprint density at radius 3 is 2.56 bits per heavy atom. The maximum Gasteiger partial charge on any atom is 0.274 e. The standard InChI is InChI=1S/C20H20N2O5/c1-26-16-5-7-17(8-6-16)27-12-2-10-22-11-9-14-3-4-15(19(23)21-25)13-18(14)20(22)24/h3-9,11,13,25H,2,10,12H2,1H3,(H,21,23). The van der Waals surface area contributed by atoms with Gasteiger partial charge < -0.3 is 14.0 Å². The third-order valence-electron chi connectivity index (χ3n) is 4.21. The van der Waals surface area contributed by atoms with Gasteiger partial charge in [-0.1, -0.05) is 6.07 Å². The van der Waals surface area contributed by atoms with E-state index in [1.807, 2.05) is 30.3 Å². The van der Waals surface area contributed by atoms with E-state index in [-0.39, 0.29) is 11.1 Å². The van der Waals surface area contributed by atoms with Gasteiger partial charge in [-0.15, -0.1) is 0 Å². The van der Waals surface area contributed by atoms with Gasteiger partial charge in [0.05, 0.1) is 13.7 Å². The van der Waals surface area contributed by atoms with E-state index in [2.05, 4.69) is 0 Å². The average Bonchev–Trinajstić information content (AvgIpc) is 2.72. The maximum absolute atomic E-state index is 12.6. The van der Waals surface area contributed by atoms with E-state index < -0.39 is 5.91 Å². The number of rotatable bonds is 7. The minimum absolute atomic E-state index is 0.190. The largest absolute Gasteiger partial charge is 0.497 e. The molecule has 0 spiro atoms. The number of aryl methyl sites for hydroxylation is 1. The molecule has 0 saturated heterocycles. The molecule has 1 amide bonds. The molecule has 0 fully saturated rings. The van der Waals surface area contributed by atoms with Crippen molar-refractivity contribution in [1.82, 2.24) is 10.0 Å². The molecule has 0 aliphatic rings. The summed E-state index contributed by atoms with van der Waals surface area (Å²) < 4.78 is 12.4. The van der Waals surface area contributed by atoms with Crippen LogP contribution in [0.4, 0.5) is 0 Å². The lowest BCUT2D eigenvalue weighted by molar-refractivity contribution is 0.0706. The summed E-state index contributed by atoms with van der Waals surface area (Å²) in [5, 5.41) is 9.91. The van der Waals surface area contributed by atoms with Gasteiger partial charge in [0.2, 0.25) is 0 Å². The number of nitrogens with zero attached hydrogens (tertiary/aromatic N) is 1. The molecule has 1 aromatic heterocycles. The highest BCUT2D eigenvalue weighted by Gasteiger charge is 2.08. The summed E-state index contributed by atoms with van der Waals surface area (Å²) in [4.78, 5) is 24.2. The molecule has 7 heteroatoms. The summed E-state index contributed by atoms with van der Waals surface area (Å²) in [6.45, 7) is 0.950. The van der Waals surface area contributed by atoms with Gasteiger partial charge in [0.25, 0.3) is 11.5 Å². The first kappa shape index (κ1) is 18.5. The van der Waals surface area contributed by atoms with Crippen molar-refractivity contribution in [2.24, 2.45) is 0 Å². The Hall–Kier alpha value is -3.32. The molecule has 0 saturated carbocycles. The number of amides is 1. The van der Waals surface area contributed by atoms with Crippen LogP contribution in [0.1, 0.15) is 16.8 Å². The first-order valence-corrected chi connectivity index (χ1v) is 8.47. The minimum atomic E-state index is -0.653. The van der Waals surface area contributed by atoms with Gasteiger partial charge in [0, 0.05) is 23.7 Å². The first-order chi connectivity index (χ1) is 13.1. The van der Waals surface area contributed by atoms with Gasteiger partial charge in [0.15, 0.2) is 0 Å². The molecule has 0 bridgehead atoms. The Morgan fingerprint density at radius 1 is 1.11 bits per heavy atom. The third kappa shape index (κ3) is 4.27. The smallest absolute Gasteiger partial charge is 0.274 e. The van der Waals surface area contributed by atoms with Crippen LogP contribution in [-0.4, -0.2) is 29.4 Å². The highest BCUT2D eigenvalue weighted by molar-refractivity contribution is 5.97. The fourth-order valence-electron chi connectivity index (χ4n) is 2.76. The van der Waals surface area contributed by atoms with Crippen LogP contribution >= 0.6 is 0 Å². The van der Waals surface area contributed by atoms with E-state index in [0.29, 0.717) is 25.0 Å². The second-order valence-electron chi connectivity index (χ2n) is 5.93. The Bertz CT molecular complexity index is 995. The van der Waals surface area contributed by atoms with Gasteiger partial charge in [0.1, 0.15) is 11.5 Å². The van der Waals surface area contributed by atoms with E-state index in [9.17, 15) is 9.59 Å². The molecule has 0 aliphatic heterocycles. The molecule has 7 nitrogen and oxygen atoms in total. The van der Waals surface area contributed by atoms with Gasteiger partial charge in [-0.2, -0.15) is 0 Å². The van der Waals surface area contributed by atoms with Gasteiger partial charge in [-0.3, -0.25) is 14.8 Å². The topological polar surface area (TPSA) is 89.8 Å². The predicted molar refractivity (Wildman–Crippen MR) is 101 cm³/mol. The normalized spacial score (nSPS) is 10.6. The van der Waals surface area contributed by atoms with Crippen LogP contribution < -0.4 is 20.5 Å². The van der Waals surface area contributed by atoms with E-state index in [1.165, 1.54) is 6.07 Å². The number of carbonyl (C=O) groups excluding carboxylic acids is 1. The van der Waals surface area contributed by atoms with Crippen molar-refractivity contribution in [3.63, 3.8) is 0 Å². The summed E-state index contributed by atoms with van der Waals surface area (Å²) >= 11 is 0. The lowest BCUT2D eigenvalue weighted by Crippen LogP contribution is -2.22. The maximum atomic E-state index is 12.6. The van der Waals surface area contributed by atoms with Crippen LogP contribution in [0.5, 0.6) is 11.5 Å². The Kier molecular flexibility index (Phi) is 5.73. The number of benzene rings is 2. The number of ether oxygens (including phenoxy) is 2. The number of hydrogen-bond donors (Lipinski definition) is 2. The molecule has 3 aromatic rings. The van der Waals surface area contributed by atoms with Crippen LogP contribution in [0.3, 0.4) is 0 Å². The van der Waals surface area contributed by atoms with Crippen molar-refractivity contribution in [1.29, 1.82) is 0 Å². The molecule has 2 aromatic carbocycles. The molecular weight excluding hydrogens is 348 g/mol. The molecular formula is C20H20N2O5. The van der Waals surface area contributed by atoms with E-state index in [4.69, 9.17) is 14.7 Å². The minimum Gasteiger partial charge on any atom is -0.497 e. The predicted octanol–water partition coefficient (Wildman–Crippen LogP) is 2.60. The van der Waals surface area contributed by atoms with Crippen LogP contribution in [-0.2, 0) is 6.54 Å². The number of fused-ring (bicyclic) bond motifs is 1. The number of pyridine rings is 1. The van der Waals surface area contributed by atoms with Crippen molar-refractivity contribution >= 4 is 16.7 Å². The van der Waals surface area contributed by atoms with E-state index in [1.54, 1.807) is 35.5 Å². The quantitative estimate of drug-likeness (QED) is 0.380. The molecule has 3 rings (SSSR count). The summed E-state index contributed by atoms with van der Waals surface area (Å²) in [5.41, 5.74) is 1.61. The van der Waals surface area contributed by atoms with Gasteiger partial charge in [-0.05, 0) is 54.3 Å². The zero-order valence-corrected chi connectivity index (χ0v) is 14.8. The zero-order valence-electron chi connectivity index (χ0n) is 14.8. The summed E-state index contributed by atoms with van der Waals surface area (Å²) in [5.74, 6) is 0.847. The molecule has 2 N–H and O–H groups in total. The van der Waals surface area contributed by atoms with E-state index >= 15 is 0 Å². The van der Waals surface area contributed by atoms with Crippen molar-refractivity contribution in [2.75, 3.05) is 13.7 Å². The summed E-state index contributed by atoms with van der Waals surface area (Å²) in [6.07, 6.45) is 2.37. The number of nitrogens with one attached hydrogen (secondary N) is 1. The summed E-state index contributed by atoms with van der Waals surface area (Å²) in [7, 11) is 1.61. The second kappa shape index (κ2) is 8.37. The summed E-state index contributed by atoms with van der Waals surface area (Å²) in [6, 6.07) is 13.8. The van der Waals surface area contributed by atoms with E-state index in [0.717, 1.165) is 16.9 Å². The lowest BCUT2D eigenvalue weighted by atomic mass is 10.1. The SMILES string of the molecule is COc1ccc(OCCCn2ccc3ccc(C(=O)NO)cc3c2=O)cc1. The van der Waals surface area contributed by atoms with Gasteiger partial charge in [-0.25, -0.2) is 5.48 Å². The average molecular weight is 368 g/mol. The number of aromatic nitrogens is 1. The molecule has 0 atom stereocenters. The molecule has 27 heavy (non-hydrogen) atoms. The Balaban J connectivity index is 1.66. The van der Waals surface area contributed by atoms with Crippen LogP contribution in [0, 0.1) is 0 Å². The molecule has 0 unspecified atom stereocenters. The Morgan fingerprint density at radius 2 is 1.85 bits per heavy atom. The highest BCUT2D eigenvalue weighted by atomic mass is 16.5. The lowest BCUT2D eigenvalue weighted by Gasteiger charge is -2.10. The third-order valence-corrected chi connectivity index (χ3v) is 4.21. The van der Waals surface area contributed by atoms with Crippen molar-refractivity contribution in [2.45, 2.75) is 13.0 Å². The first-order valence-electron chi connectivity index (χ1n) is 8.47. The molecule has 1 heterocycles. The number of hydrogen-bond acceptors (Lipinski definition) is 5. The number of hydroxylamine groups is 1. The molecule has 0 aliphatic carbocycles. The van der Waals surface area contributed by atoms with Crippen molar-refractivity contribution in [3.05, 3.63) is 70.6 Å². The molecule has 140 valence electrons. The Labute approximate surface area is 155 Å². The monoisotopic (exact) mass is 368 g/mol. The van der Waals surface area contributed by atoms with Crippen molar-refractivity contribution in [3.8, 4) is 11.5 Å². The zero-order chi connectivity index (χ0) is 19.2. The number of methoxy groups -OCH3 is 1. The highest BCUT2D eigenvalue weighted by Crippen LogP contribution is 2.17. The second-order valence-corrected chi connectivity index (χ2v) is 5.93.